The molecule has 3 rings (SSSR count). The van der Waals surface area contributed by atoms with Gasteiger partial charge in [-0.2, -0.15) is 0 Å². The Morgan fingerprint density at radius 2 is 1.86 bits per heavy atom. The van der Waals surface area contributed by atoms with E-state index in [1.807, 2.05) is 49.4 Å². The van der Waals surface area contributed by atoms with Gasteiger partial charge in [0.1, 0.15) is 0 Å². The molecule has 0 aliphatic carbocycles. The Labute approximate surface area is 169 Å². The molecule has 1 heterocycles. The molecule has 28 heavy (non-hydrogen) atoms. The van der Waals surface area contributed by atoms with Gasteiger partial charge >= 0.3 is 5.97 Å². The normalized spacial score (nSPS) is 17.8. The summed E-state index contributed by atoms with van der Waals surface area (Å²) in [4.78, 5) is 25.2. The molecule has 0 saturated heterocycles. The number of amides is 1. The van der Waals surface area contributed by atoms with Crippen LogP contribution in [0.3, 0.4) is 0 Å². The van der Waals surface area contributed by atoms with Crippen LogP contribution in [0.1, 0.15) is 43.6 Å². The first-order valence-corrected chi connectivity index (χ1v) is 9.51. The quantitative estimate of drug-likeness (QED) is 0.574. The Morgan fingerprint density at radius 3 is 2.50 bits per heavy atom. The molecule has 0 aromatic heterocycles. The molecule has 1 aliphatic heterocycles. The van der Waals surface area contributed by atoms with E-state index in [4.69, 9.17) is 21.1 Å². The molecule has 0 bridgehead atoms. The fourth-order valence-electron chi connectivity index (χ4n) is 3.27. The van der Waals surface area contributed by atoms with Gasteiger partial charge in [-0.1, -0.05) is 54.1 Å². The molecule has 6 heteroatoms. The van der Waals surface area contributed by atoms with Crippen LogP contribution in [0.2, 0.25) is 5.02 Å². The molecular formula is C22H22ClNO4. The second-order valence-corrected chi connectivity index (χ2v) is 6.93. The van der Waals surface area contributed by atoms with Crippen LogP contribution in [-0.2, 0) is 19.1 Å². The van der Waals surface area contributed by atoms with Gasteiger partial charge < -0.3 is 14.8 Å². The molecule has 0 fully saturated rings. The van der Waals surface area contributed by atoms with Crippen molar-refractivity contribution in [1.29, 1.82) is 0 Å². The van der Waals surface area contributed by atoms with Crippen LogP contribution < -0.4 is 5.32 Å². The van der Waals surface area contributed by atoms with Crippen LogP contribution >= 0.6 is 11.6 Å². The van der Waals surface area contributed by atoms with Gasteiger partial charge in [0.2, 0.25) is 12.2 Å². The first-order valence-electron chi connectivity index (χ1n) is 9.13. The summed E-state index contributed by atoms with van der Waals surface area (Å²) in [5.41, 5.74) is 2.49. The maximum absolute atomic E-state index is 13.1. The highest BCUT2D eigenvalue weighted by Gasteiger charge is 2.34. The Balaban J connectivity index is 1.90. The molecule has 0 spiro atoms. The van der Waals surface area contributed by atoms with Gasteiger partial charge in [-0.25, -0.2) is 4.79 Å². The van der Waals surface area contributed by atoms with Crippen LogP contribution in [0, 0.1) is 0 Å². The third kappa shape index (κ3) is 4.61. The number of rotatable bonds is 6. The summed E-state index contributed by atoms with van der Waals surface area (Å²) in [5, 5.41) is 3.33. The van der Waals surface area contributed by atoms with Gasteiger partial charge in [-0.3, -0.25) is 4.79 Å². The molecular weight excluding hydrogens is 378 g/mol. The van der Waals surface area contributed by atoms with E-state index in [2.05, 4.69) is 5.32 Å². The van der Waals surface area contributed by atoms with Gasteiger partial charge in [0, 0.05) is 35.2 Å². The Kier molecular flexibility index (Phi) is 6.49. The predicted molar refractivity (Wildman–Crippen MR) is 107 cm³/mol. The van der Waals surface area contributed by atoms with Crippen LogP contribution in [0.15, 0.2) is 65.9 Å². The summed E-state index contributed by atoms with van der Waals surface area (Å²) in [6.45, 7) is 3.93. The van der Waals surface area contributed by atoms with E-state index in [0.717, 1.165) is 11.1 Å². The first kappa shape index (κ1) is 20.1. The largest absolute Gasteiger partial charge is 0.428 e. The van der Waals surface area contributed by atoms with Crippen LogP contribution in [0.25, 0.3) is 0 Å². The zero-order chi connectivity index (χ0) is 20.1. The summed E-state index contributed by atoms with van der Waals surface area (Å²) in [6.07, 6.45) is -0.656. The van der Waals surface area contributed by atoms with Gasteiger partial charge in [-0.15, -0.1) is 0 Å². The maximum atomic E-state index is 13.1. The number of ether oxygens (including phenoxy) is 2. The fourth-order valence-corrected chi connectivity index (χ4v) is 3.40. The van der Waals surface area contributed by atoms with E-state index in [1.54, 1.807) is 19.1 Å². The number of nitrogens with one attached hydrogen (secondary N) is 1. The molecule has 5 nitrogen and oxygen atoms in total. The summed E-state index contributed by atoms with van der Waals surface area (Å²) < 4.78 is 11.3. The molecule has 146 valence electrons. The Morgan fingerprint density at radius 1 is 1.18 bits per heavy atom. The molecule has 2 atom stereocenters. The van der Waals surface area contributed by atoms with Crippen LogP contribution in [0.5, 0.6) is 0 Å². The highest BCUT2D eigenvalue weighted by molar-refractivity contribution is 6.30. The average molecular weight is 400 g/mol. The lowest BCUT2D eigenvalue weighted by Crippen LogP contribution is -2.34. The second-order valence-electron chi connectivity index (χ2n) is 6.50. The third-order valence-electron chi connectivity index (χ3n) is 4.57. The summed E-state index contributed by atoms with van der Waals surface area (Å²) in [5.74, 6) is -1.06. The van der Waals surface area contributed by atoms with E-state index in [0.29, 0.717) is 22.9 Å². The van der Waals surface area contributed by atoms with E-state index in [-0.39, 0.29) is 12.3 Å². The van der Waals surface area contributed by atoms with E-state index in [1.165, 1.54) is 0 Å². The Hall–Kier alpha value is -2.63. The lowest BCUT2D eigenvalue weighted by molar-refractivity contribution is -0.175. The SMILES string of the molecule is CCOC(OC(=O)C1=C(C)NC(=O)CC1c1ccc(Cl)cc1)c1ccccc1. The zero-order valence-electron chi connectivity index (χ0n) is 15.8. The van der Waals surface area contributed by atoms with Gasteiger partial charge in [0.05, 0.1) is 5.57 Å². The van der Waals surface area contributed by atoms with Crippen molar-refractivity contribution in [3.63, 3.8) is 0 Å². The third-order valence-corrected chi connectivity index (χ3v) is 4.82. The number of carbonyl (C=O) groups is 2. The monoisotopic (exact) mass is 399 g/mol. The number of esters is 1. The molecule has 2 aromatic rings. The molecule has 0 radical (unpaired) electrons. The molecule has 2 unspecified atom stereocenters. The summed E-state index contributed by atoms with van der Waals surface area (Å²) in [6, 6.07) is 16.4. The molecule has 2 aromatic carbocycles. The van der Waals surface area contributed by atoms with Gasteiger partial charge in [-0.05, 0) is 31.5 Å². The highest BCUT2D eigenvalue weighted by atomic mass is 35.5. The molecule has 0 saturated carbocycles. The zero-order valence-corrected chi connectivity index (χ0v) is 16.5. The number of benzene rings is 2. The number of allylic oxidation sites excluding steroid dienone is 1. The summed E-state index contributed by atoms with van der Waals surface area (Å²) >= 11 is 5.98. The number of hydrogen-bond donors (Lipinski definition) is 1. The lowest BCUT2D eigenvalue weighted by atomic mass is 9.84. The minimum atomic E-state index is -0.817. The van der Waals surface area contributed by atoms with Crippen molar-refractivity contribution in [2.75, 3.05) is 6.61 Å². The van der Waals surface area contributed by atoms with Crippen molar-refractivity contribution < 1.29 is 19.1 Å². The summed E-state index contributed by atoms with van der Waals surface area (Å²) in [7, 11) is 0. The van der Waals surface area contributed by atoms with Crippen molar-refractivity contribution in [3.8, 4) is 0 Å². The van der Waals surface area contributed by atoms with Crippen LogP contribution in [0.4, 0.5) is 0 Å². The maximum Gasteiger partial charge on any atom is 0.338 e. The molecule has 1 aliphatic rings. The number of halogens is 1. The van der Waals surface area contributed by atoms with E-state index < -0.39 is 18.2 Å². The minimum Gasteiger partial charge on any atom is -0.428 e. The molecule has 1 amide bonds. The number of carbonyl (C=O) groups excluding carboxylic acids is 2. The number of hydrogen-bond acceptors (Lipinski definition) is 4. The average Bonchev–Trinajstić information content (AvgIpc) is 2.68. The first-order chi connectivity index (χ1) is 13.5. The van der Waals surface area contributed by atoms with Crippen molar-refractivity contribution in [2.24, 2.45) is 0 Å². The Bertz CT molecular complexity index is 877. The van der Waals surface area contributed by atoms with Gasteiger partial charge in [0.15, 0.2) is 0 Å². The standard InChI is InChI=1S/C22H22ClNO4/c1-3-27-22(16-7-5-4-6-8-16)28-21(26)20-14(2)24-19(25)13-18(20)15-9-11-17(23)12-10-15/h4-12,18,22H,3,13H2,1-2H3,(H,24,25). The van der Waals surface area contributed by atoms with Crippen LogP contribution in [-0.4, -0.2) is 18.5 Å². The second kappa shape index (κ2) is 9.04. The van der Waals surface area contributed by atoms with Gasteiger partial charge in [0.25, 0.3) is 0 Å². The minimum absolute atomic E-state index is 0.140. The highest BCUT2D eigenvalue weighted by Crippen LogP contribution is 2.35. The topological polar surface area (TPSA) is 64.6 Å². The smallest absolute Gasteiger partial charge is 0.338 e. The lowest BCUT2D eigenvalue weighted by Gasteiger charge is -2.28. The van der Waals surface area contributed by atoms with E-state index in [9.17, 15) is 9.59 Å². The van der Waals surface area contributed by atoms with E-state index >= 15 is 0 Å². The fraction of sp³-hybridized carbons (Fsp3) is 0.273. The van der Waals surface area contributed by atoms with Crippen molar-refractivity contribution in [2.45, 2.75) is 32.5 Å². The predicted octanol–water partition coefficient (Wildman–Crippen LogP) is 4.50. The van der Waals surface area contributed by atoms with Crippen molar-refractivity contribution >= 4 is 23.5 Å². The van der Waals surface area contributed by atoms with Crippen molar-refractivity contribution in [1.82, 2.24) is 5.32 Å². The van der Waals surface area contributed by atoms with Crippen molar-refractivity contribution in [3.05, 3.63) is 82.0 Å². The molecule has 1 N–H and O–H groups in total.